The fraction of sp³-hybridized carbons (Fsp3) is 0.500. The second-order valence-corrected chi connectivity index (χ2v) is 14.2. The molecule has 4 nitrogen and oxygen atoms in total. The highest BCUT2D eigenvalue weighted by Gasteiger charge is 2.22. The fourth-order valence-electron chi connectivity index (χ4n) is 2.94. The summed E-state index contributed by atoms with van der Waals surface area (Å²) in [5.74, 6) is 2.05. The summed E-state index contributed by atoms with van der Waals surface area (Å²) in [5.41, 5.74) is 2.23. The van der Waals surface area contributed by atoms with Crippen LogP contribution >= 0.6 is 16.3 Å². The number of benzene rings is 2. The van der Waals surface area contributed by atoms with Crippen molar-refractivity contribution in [1.82, 2.24) is 0 Å². The maximum absolute atomic E-state index is 8.65. The predicted octanol–water partition coefficient (Wildman–Crippen LogP) is 7.97. The molecule has 2 aromatic rings. The molecule has 0 fully saturated rings. The Balaban J connectivity index is 0.000000467. The number of hydrogen-bond acceptors (Lipinski definition) is 4. The molecule has 168 valence electrons. The van der Waals surface area contributed by atoms with Crippen molar-refractivity contribution >= 4 is 16.3 Å². The van der Waals surface area contributed by atoms with Crippen LogP contribution in [0.3, 0.4) is 0 Å². The molecule has 30 heavy (non-hydrogen) atoms. The lowest BCUT2D eigenvalue weighted by Crippen LogP contribution is -2.09. The van der Waals surface area contributed by atoms with Crippen molar-refractivity contribution < 1.29 is 19.3 Å². The van der Waals surface area contributed by atoms with Gasteiger partial charge in [-0.25, -0.2) is 0 Å². The molecular formula is C24H38O4P2. The van der Waals surface area contributed by atoms with Gasteiger partial charge in [-0.2, -0.15) is 0 Å². The van der Waals surface area contributed by atoms with Gasteiger partial charge in [0.2, 0.25) is 0 Å². The quantitative estimate of drug-likeness (QED) is 0.399. The van der Waals surface area contributed by atoms with Crippen LogP contribution in [-0.4, -0.2) is 32.8 Å². The zero-order valence-corrected chi connectivity index (χ0v) is 21.3. The van der Waals surface area contributed by atoms with E-state index in [1.807, 2.05) is 18.2 Å². The zero-order chi connectivity index (χ0) is 22.8. The third kappa shape index (κ3) is 9.54. The van der Waals surface area contributed by atoms with Crippen LogP contribution in [0.1, 0.15) is 55.4 Å². The van der Waals surface area contributed by atoms with Gasteiger partial charge in [0.1, 0.15) is 23.0 Å². The lowest BCUT2D eigenvalue weighted by Gasteiger charge is -2.27. The van der Waals surface area contributed by atoms with Crippen LogP contribution < -0.4 is 9.05 Å². The first kappa shape index (κ1) is 26.5. The molecule has 0 spiro atoms. The van der Waals surface area contributed by atoms with Crippen LogP contribution in [0.25, 0.3) is 0 Å². The predicted molar refractivity (Wildman–Crippen MR) is 132 cm³/mol. The van der Waals surface area contributed by atoms with E-state index in [9.17, 15) is 0 Å². The van der Waals surface area contributed by atoms with Crippen molar-refractivity contribution in [2.24, 2.45) is 0 Å². The first-order valence-electron chi connectivity index (χ1n) is 10.5. The molecule has 0 amide bonds. The minimum atomic E-state index is -0.463. The standard InChI is InChI=1S/C18H32O2P2.C6H6O2/c1-13(2)21(14(3)4)19-17-10-9-11-18(12-17)20-22(15(5)6)16(7)8;7-5-2-1-3-6(8)4-5/h9-16H,1-8H3;1-4,7-8H. The Labute approximate surface area is 185 Å². The van der Waals surface area contributed by atoms with Crippen molar-refractivity contribution in [1.29, 1.82) is 0 Å². The van der Waals surface area contributed by atoms with E-state index in [0.29, 0.717) is 22.6 Å². The highest BCUT2D eigenvalue weighted by molar-refractivity contribution is 7.54. The van der Waals surface area contributed by atoms with Crippen LogP contribution in [0, 0.1) is 0 Å². The van der Waals surface area contributed by atoms with Gasteiger partial charge in [0.05, 0.1) is 16.3 Å². The molecule has 0 unspecified atom stereocenters. The summed E-state index contributed by atoms with van der Waals surface area (Å²) in [6, 6.07) is 14.0. The molecule has 2 rings (SSSR count). The van der Waals surface area contributed by atoms with E-state index in [4.69, 9.17) is 19.3 Å². The summed E-state index contributed by atoms with van der Waals surface area (Å²) in [6.45, 7) is 17.9. The van der Waals surface area contributed by atoms with Gasteiger partial charge in [-0.1, -0.05) is 67.5 Å². The molecule has 0 bridgehead atoms. The lowest BCUT2D eigenvalue weighted by molar-refractivity contribution is 0.450. The maximum Gasteiger partial charge on any atom is 0.127 e. The van der Waals surface area contributed by atoms with Crippen LogP contribution in [0.4, 0.5) is 0 Å². The summed E-state index contributed by atoms with van der Waals surface area (Å²) in [5, 5.41) is 17.3. The normalized spacial score (nSPS) is 11.4. The monoisotopic (exact) mass is 452 g/mol. The fourth-order valence-corrected chi connectivity index (χ4v) is 6.88. The topological polar surface area (TPSA) is 58.9 Å². The van der Waals surface area contributed by atoms with Crippen molar-refractivity contribution in [3.8, 4) is 23.0 Å². The second kappa shape index (κ2) is 13.0. The molecule has 2 aromatic carbocycles. The Morgan fingerprint density at radius 2 is 0.900 bits per heavy atom. The molecule has 6 heteroatoms. The van der Waals surface area contributed by atoms with Crippen molar-refractivity contribution in [2.45, 2.75) is 78.0 Å². The van der Waals surface area contributed by atoms with E-state index in [-0.39, 0.29) is 11.5 Å². The first-order valence-corrected chi connectivity index (χ1v) is 13.3. The molecule has 0 aromatic heterocycles. The van der Waals surface area contributed by atoms with Crippen molar-refractivity contribution in [2.75, 3.05) is 0 Å². The largest absolute Gasteiger partial charge is 0.508 e. The molecule has 0 heterocycles. The number of rotatable bonds is 8. The maximum atomic E-state index is 8.65. The van der Waals surface area contributed by atoms with E-state index in [2.05, 4.69) is 61.5 Å². The van der Waals surface area contributed by atoms with E-state index >= 15 is 0 Å². The highest BCUT2D eigenvalue weighted by atomic mass is 31.1. The van der Waals surface area contributed by atoms with Crippen LogP contribution in [0.5, 0.6) is 23.0 Å². The molecular weight excluding hydrogens is 414 g/mol. The Bertz CT molecular complexity index is 677. The lowest BCUT2D eigenvalue weighted by atomic mass is 10.3. The van der Waals surface area contributed by atoms with Crippen molar-refractivity contribution in [3.05, 3.63) is 48.5 Å². The van der Waals surface area contributed by atoms with Gasteiger partial charge in [-0.05, 0) is 24.3 Å². The molecule has 0 aliphatic carbocycles. The third-order valence-electron chi connectivity index (χ3n) is 4.09. The number of phenols is 2. The molecule has 0 saturated heterocycles. The first-order chi connectivity index (χ1) is 14.0. The summed E-state index contributed by atoms with van der Waals surface area (Å²) in [4.78, 5) is 0. The molecule has 2 N–H and O–H groups in total. The smallest absolute Gasteiger partial charge is 0.127 e. The van der Waals surface area contributed by atoms with Crippen molar-refractivity contribution in [3.63, 3.8) is 0 Å². The summed E-state index contributed by atoms with van der Waals surface area (Å²) in [7, 11) is -0.926. The van der Waals surface area contributed by atoms with Gasteiger partial charge in [-0.15, -0.1) is 0 Å². The minimum Gasteiger partial charge on any atom is -0.508 e. The third-order valence-corrected chi connectivity index (χ3v) is 9.01. The average Bonchev–Trinajstić information content (AvgIpc) is 2.64. The van der Waals surface area contributed by atoms with E-state index < -0.39 is 16.3 Å². The average molecular weight is 453 g/mol. The van der Waals surface area contributed by atoms with E-state index in [0.717, 1.165) is 11.5 Å². The molecule has 0 aliphatic rings. The second-order valence-electron chi connectivity index (χ2n) is 8.27. The van der Waals surface area contributed by atoms with Gasteiger partial charge < -0.3 is 19.3 Å². The van der Waals surface area contributed by atoms with Crippen LogP contribution in [0.15, 0.2) is 48.5 Å². The molecule has 0 aliphatic heterocycles. The Morgan fingerprint density at radius 3 is 1.17 bits per heavy atom. The zero-order valence-electron chi connectivity index (χ0n) is 19.5. The number of hydrogen-bond donors (Lipinski definition) is 2. The Kier molecular flexibility index (Phi) is 11.5. The van der Waals surface area contributed by atoms with Gasteiger partial charge in [0.25, 0.3) is 0 Å². The summed E-state index contributed by atoms with van der Waals surface area (Å²) >= 11 is 0. The number of aromatic hydroxyl groups is 2. The van der Waals surface area contributed by atoms with Gasteiger partial charge in [-0.3, -0.25) is 0 Å². The highest BCUT2D eigenvalue weighted by Crippen LogP contribution is 2.50. The summed E-state index contributed by atoms with van der Waals surface area (Å²) in [6.07, 6.45) is 0. The Morgan fingerprint density at radius 1 is 0.567 bits per heavy atom. The molecule has 0 atom stereocenters. The van der Waals surface area contributed by atoms with Gasteiger partial charge in [0, 0.05) is 34.8 Å². The van der Waals surface area contributed by atoms with Crippen LogP contribution in [-0.2, 0) is 0 Å². The SMILES string of the molecule is CC(C)P(Oc1cccc(OP(C(C)C)C(C)C)c1)C(C)C.Oc1cccc(O)c1. The minimum absolute atomic E-state index is 0.0880. The number of phenolic OH excluding ortho intramolecular Hbond substituents is 2. The van der Waals surface area contributed by atoms with E-state index in [1.165, 1.54) is 18.2 Å². The molecule has 0 saturated carbocycles. The Hall–Kier alpha value is -1.50. The van der Waals surface area contributed by atoms with Gasteiger partial charge >= 0.3 is 0 Å². The van der Waals surface area contributed by atoms with E-state index in [1.54, 1.807) is 6.07 Å². The summed E-state index contributed by atoms with van der Waals surface area (Å²) < 4.78 is 12.5. The van der Waals surface area contributed by atoms with Gasteiger partial charge in [0.15, 0.2) is 0 Å². The van der Waals surface area contributed by atoms with Crippen LogP contribution in [0.2, 0.25) is 0 Å². The molecule has 0 radical (unpaired) electrons.